The number of likely N-dealkylation sites (tertiary alicyclic amines) is 1. The van der Waals surface area contributed by atoms with E-state index in [1.807, 2.05) is 32.0 Å². The number of nitrogens with zero attached hydrogens (tertiary/aromatic N) is 3. The number of carbonyl (C=O) groups is 1. The first kappa shape index (κ1) is 17.2. The molecule has 0 bridgehead atoms. The van der Waals surface area contributed by atoms with Crippen molar-refractivity contribution in [3.8, 4) is 0 Å². The molecule has 2 aliphatic rings. The first-order chi connectivity index (χ1) is 12.4. The minimum atomic E-state index is -0.994. The lowest BCUT2D eigenvalue weighted by Gasteiger charge is -2.40. The predicted octanol–water partition coefficient (Wildman–Crippen LogP) is 2.72. The summed E-state index contributed by atoms with van der Waals surface area (Å²) in [5.41, 5.74) is 1.67. The van der Waals surface area contributed by atoms with Crippen molar-refractivity contribution in [3.63, 3.8) is 0 Å². The van der Waals surface area contributed by atoms with Crippen LogP contribution in [-0.4, -0.2) is 38.8 Å². The molecule has 138 valence electrons. The minimum absolute atomic E-state index is 0.498. The molecule has 1 aromatic heterocycles. The summed E-state index contributed by atoms with van der Waals surface area (Å²) in [4.78, 5) is 14.7. The largest absolute Gasteiger partial charge is 0.479 e. The highest BCUT2D eigenvalue weighted by Crippen LogP contribution is 2.41. The third-order valence-corrected chi connectivity index (χ3v) is 5.74. The van der Waals surface area contributed by atoms with Gasteiger partial charge in [-0.3, -0.25) is 4.90 Å². The summed E-state index contributed by atoms with van der Waals surface area (Å²) in [6, 6.07) is 10.3. The number of fused-ring (bicyclic) bond motifs is 1. The van der Waals surface area contributed by atoms with Crippen LogP contribution in [0.1, 0.15) is 43.5 Å². The molecule has 1 fully saturated rings. The highest BCUT2D eigenvalue weighted by Gasteiger charge is 2.49. The van der Waals surface area contributed by atoms with Crippen LogP contribution >= 0.6 is 0 Å². The second-order valence-corrected chi connectivity index (χ2v) is 7.83. The van der Waals surface area contributed by atoms with Crippen molar-refractivity contribution in [3.05, 3.63) is 53.3 Å². The van der Waals surface area contributed by atoms with E-state index in [1.54, 1.807) is 10.9 Å². The SMILES string of the molecule is CC1(C)OCc2cnn(C3(C(=O)O)CCN(Cc4ccccc4)CC3)c21. The lowest BCUT2D eigenvalue weighted by molar-refractivity contribution is -0.151. The molecule has 1 saturated heterocycles. The molecule has 1 aromatic carbocycles. The number of aliphatic carboxylic acids is 1. The Kier molecular flexibility index (Phi) is 4.12. The van der Waals surface area contributed by atoms with Crippen molar-refractivity contribution in [1.29, 1.82) is 0 Å². The Morgan fingerprint density at radius 1 is 1.23 bits per heavy atom. The molecule has 0 amide bonds. The zero-order valence-corrected chi connectivity index (χ0v) is 15.3. The van der Waals surface area contributed by atoms with Crippen molar-refractivity contribution in [2.45, 2.75) is 51.0 Å². The van der Waals surface area contributed by atoms with E-state index < -0.39 is 17.1 Å². The molecule has 0 atom stereocenters. The van der Waals surface area contributed by atoms with Crippen molar-refractivity contribution in [2.24, 2.45) is 0 Å². The molecule has 2 aliphatic heterocycles. The molecule has 1 N–H and O–H groups in total. The van der Waals surface area contributed by atoms with Gasteiger partial charge in [0.1, 0.15) is 5.60 Å². The smallest absolute Gasteiger partial charge is 0.331 e. The van der Waals surface area contributed by atoms with Crippen molar-refractivity contribution in [2.75, 3.05) is 13.1 Å². The van der Waals surface area contributed by atoms with Crippen LogP contribution in [0.5, 0.6) is 0 Å². The second-order valence-electron chi connectivity index (χ2n) is 7.83. The maximum absolute atomic E-state index is 12.3. The zero-order valence-electron chi connectivity index (χ0n) is 15.3. The van der Waals surface area contributed by atoms with Crippen molar-refractivity contribution >= 4 is 5.97 Å². The minimum Gasteiger partial charge on any atom is -0.479 e. The predicted molar refractivity (Wildman–Crippen MR) is 96.6 cm³/mol. The summed E-state index contributed by atoms with van der Waals surface area (Å²) in [6.45, 7) is 6.78. The van der Waals surface area contributed by atoms with E-state index in [-0.39, 0.29) is 0 Å². The molecule has 0 radical (unpaired) electrons. The van der Waals surface area contributed by atoms with E-state index in [0.717, 1.165) is 30.9 Å². The summed E-state index contributed by atoms with van der Waals surface area (Å²) in [5.74, 6) is -0.800. The van der Waals surface area contributed by atoms with Gasteiger partial charge in [-0.2, -0.15) is 5.10 Å². The van der Waals surface area contributed by atoms with Gasteiger partial charge in [0, 0.05) is 25.2 Å². The topological polar surface area (TPSA) is 67.6 Å². The fourth-order valence-corrected chi connectivity index (χ4v) is 4.22. The fraction of sp³-hybridized carbons (Fsp3) is 0.500. The molecular formula is C20H25N3O3. The quantitative estimate of drug-likeness (QED) is 0.913. The van der Waals surface area contributed by atoms with Crippen LogP contribution in [0, 0.1) is 0 Å². The lowest BCUT2D eigenvalue weighted by atomic mass is 9.86. The average molecular weight is 355 g/mol. The van der Waals surface area contributed by atoms with Gasteiger partial charge in [-0.25, -0.2) is 9.48 Å². The molecule has 0 unspecified atom stereocenters. The van der Waals surface area contributed by atoms with E-state index in [1.165, 1.54) is 5.56 Å². The maximum Gasteiger partial charge on any atom is 0.331 e. The Labute approximate surface area is 153 Å². The number of hydrogen-bond donors (Lipinski definition) is 1. The van der Waals surface area contributed by atoms with E-state index in [4.69, 9.17) is 4.74 Å². The van der Waals surface area contributed by atoms with E-state index in [2.05, 4.69) is 22.1 Å². The number of rotatable bonds is 4. The molecule has 0 spiro atoms. The molecule has 6 heteroatoms. The summed E-state index contributed by atoms with van der Waals surface area (Å²) >= 11 is 0. The fourth-order valence-electron chi connectivity index (χ4n) is 4.22. The Morgan fingerprint density at radius 2 is 1.92 bits per heavy atom. The van der Waals surface area contributed by atoms with Gasteiger partial charge < -0.3 is 9.84 Å². The van der Waals surface area contributed by atoms with Gasteiger partial charge >= 0.3 is 5.97 Å². The standard InChI is InChI=1S/C20H25N3O3/c1-19(2)17-16(14-26-19)12-21-23(17)20(18(24)25)8-10-22(11-9-20)13-15-6-4-3-5-7-15/h3-7,12H,8-11,13-14H2,1-2H3,(H,24,25). The Bertz CT molecular complexity index is 805. The highest BCUT2D eigenvalue weighted by atomic mass is 16.5. The highest BCUT2D eigenvalue weighted by molar-refractivity contribution is 5.77. The number of benzene rings is 1. The second kappa shape index (κ2) is 6.21. The third kappa shape index (κ3) is 2.73. The molecule has 2 aromatic rings. The van der Waals surface area contributed by atoms with Crippen LogP contribution in [0.3, 0.4) is 0 Å². The van der Waals surface area contributed by atoms with Gasteiger partial charge in [-0.05, 0) is 32.3 Å². The normalized spacial score (nSPS) is 21.5. The van der Waals surface area contributed by atoms with Crippen molar-refractivity contribution < 1.29 is 14.6 Å². The molecule has 4 rings (SSSR count). The summed E-state index contributed by atoms with van der Waals surface area (Å²) in [5, 5.41) is 14.6. The van der Waals surface area contributed by atoms with Crippen LogP contribution in [-0.2, 0) is 33.8 Å². The van der Waals surface area contributed by atoms with Gasteiger partial charge in [0.05, 0.1) is 18.5 Å². The van der Waals surface area contributed by atoms with Crippen molar-refractivity contribution in [1.82, 2.24) is 14.7 Å². The number of piperidine rings is 1. The number of hydrogen-bond acceptors (Lipinski definition) is 4. The number of aromatic nitrogens is 2. The number of carboxylic acids is 1. The zero-order chi connectivity index (χ0) is 18.4. The molecule has 0 aliphatic carbocycles. The van der Waals surface area contributed by atoms with Crippen LogP contribution < -0.4 is 0 Å². The lowest BCUT2D eigenvalue weighted by Crippen LogP contribution is -2.52. The molecular weight excluding hydrogens is 330 g/mol. The maximum atomic E-state index is 12.3. The van der Waals surface area contributed by atoms with Crippen LogP contribution in [0.4, 0.5) is 0 Å². The van der Waals surface area contributed by atoms with Gasteiger partial charge in [0.15, 0.2) is 5.54 Å². The first-order valence-electron chi connectivity index (χ1n) is 9.14. The Morgan fingerprint density at radius 3 is 2.58 bits per heavy atom. The van der Waals surface area contributed by atoms with Gasteiger partial charge in [-0.15, -0.1) is 0 Å². The summed E-state index contributed by atoms with van der Waals surface area (Å²) < 4.78 is 7.59. The molecule has 3 heterocycles. The average Bonchev–Trinajstić information content (AvgIpc) is 3.18. The summed E-state index contributed by atoms with van der Waals surface area (Å²) in [7, 11) is 0. The first-order valence-corrected chi connectivity index (χ1v) is 9.14. The number of ether oxygens (including phenoxy) is 1. The van der Waals surface area contributed by atoms with E-state index in [0.29, 0.717) is 19.4 Å². The summed E-state index contributed by atoms with van der Waals surface area (Å²) in [6.07, 6.45) is 2.85. The third-order valence-electron chi connectivity index (χ3n) is 5.74. The van der Waals surface area contributed by atoms with E-state index in [9.17, 15) is 9.90 Å². The monoisotopic (exact) mass is 355 g/mol. The van der Waals surface area contributed by atoms with E-state index >= 15 is 0 Å². The molecule has 0 saturated carbocycles. The van der Waals surface area contributed by atoms with Crippen LogP contribution in [0.15, 0.2) is 36.5 Å². The molecule has 26 heavy (non-hydrogen) atoms. The Hall–Kier alpha value is -2.18. The molecule has 6 nitrogen and oxygen atoms in total. The van der Waals surface area contributed by atoms with Gasteiger partial charge in [0.2, 0.25) is 0 Å². The van der Waals surface area contributed by atoms with Gasteiger partial charge in [-0.1, -0.05) is 30.3 Å². The van der Waals surface area contributed by atoms with Crippen LogP contribution in [0.2, 0.25) is 0 Å². The van der Waals surface area contributed by atoms with Gasteiger partial charge in [0.25, 0.3) is 0 Å². The number of carboxylic acid groups (broad SMARTS) is 1. The Balaban J connectivity index is 1.58. The van der Waals surface area contributed by atoms with Crippen LogP contribution in [0.25, 0.3) is 0 Å².